The number of benzene rings is 1. The fourth-order valence-electron chi connectivity index (χ4n) is 1.35. The summed E-state index contributed by atoms with van der Waals surface area (Å²) in [4.78, 5) is 12.0. The van der Waals surface area contributed by atoms with Crippen molar-refractivity contribution < 1.29 is 4.79 Å². The molecular weight excluding hydrogens is 228 g/mol. The second kappa shape index (κ2) is 5.57. The Morgan fingerprint density at radius 1 is 1.33 bits per heavy atom. The van der Waals surface area contributed by atoms with Gasteiger partial charge in [0.1, 0.15) is 0 Å². The van der Waals surface area contributed by atoms with E-state index in [-0.39, 0.29) is 11.0 Å². The number of carbonyl (C=O) groups is 1. The third-order valence-corrected chi connectivity index (χ3v) is 3.36. The summed E-state index contributed by atoms with van der Waals surface area (Å²) in [5.74, 6) is 0.149. The SMILES string of the molecule is CC(C)SC(C)C(=O)c1cccc(Cl)c1. The number of rotatable bonds is 4. The van der Waals surface area contributed by atoms with Gasteiger partial charge in [0.25, 0.3) is 0 Å². The van der Waals surface area contributed by atoms with Crippen molar-refractivity contribution in [1.82, 2.24) is 0 Å². The van der Waals surface area contributed by atoms with E-state index in [2.05, 4.69) is 13.8 Å². The van der Waals surface area contributed by atoms with Crippen LogP contribution in [-0.2, 0) is 0 Å². The van der Waals surface area contributed by atoms with Crippen molar-refractivity contribution in [2.24, 2.45) is 0 Å². The van der Waals surface area contributed by atoms with E-state index in [0.29, 0.717) is 15.8 Å². The molecule has 1 unspecified atom stereocenters. The zero-order chi connectivity index (χ0) is 11.4. The first-order valence-corrected chi connectivity index (χ1v) is 6.28. The maximum atomic E-state index is 12.0. The summed E-state index contributed by atoms with van der Waals surface area (Å²) in [6.07, 6.45) is 0. The minimum atomic E-state index is -0.0107. The molecule has 1 aromatic carbocycles. The van der Waals surface area contributed by atoms with E-state index in [1.165, 1.54) is 0 Å². The standard InChI is InChI=1S/C12H15ClOS/c1-8(2)15-9(3)12(14)10-5-4-6-11(13)7-10/h4-9H,1-3H3. The molecule has 0 aromatic heterocycles. The quantitative estimate of drug-likeness (QED) is 0.741. The molecule has 82 valence electrons. The summed E-state index contributed by atoms with van der Waals surface area (Å²) in [6.45, 7) is 6.12. The number of hydrogen-bond donors (Lipinski definition) is 0. The highest BCUT2D eigenvalue weighted by Gasteiger charge is 2.16. The normalized spacial score (nSPS) is 12.9. The molecule has 0 radical (unpaired) electrons. The molecular formula is C12H15ClOS. The Bertz CT molecular complexity index is 349. The van der Waals surface area contributed by atoms with Crippen LogP contribution >= 0.6 is 23.4 Å². The maximum Gasteiger partial charge on any atom is 0.175 e. The van der Waals surface area contributed by atoms with E-state index in [0.717, 1.165) is 0 Å². The first-order valence-electron chi connectivity index (χ1n) is 4.96. The van der Waals surface area contributed by atoms with Crippen molar-refractivity contribution in [3.63, 3.8) is 0 Å². The number of ketones is 1. The number of halogens is 1. The lowest BCUT2D eigenvalue weighted by molar-refractivity contribution is 0.0994. The van der Waals surface area contributed by atoms with Crippen LogP contribution in [0.2, 0.25) is 5.02 Å². The van der Waals surface area contributed by atoms with Gasteiger partial charge in [0, 0.05) is 10.6 Å². The first-order chi connectivity index (χ1) is 7.00. The molecule has 0 saturated carbocycles. The van der Waals surface area contributed by atoms with Gasteiger partial charge in [0.2, 0.25) is 0 Å². The second-order valence-corrected chi connectivity index (χ2v) is 6.06. The number of hydrogen-bond acceptors (Lipinski definition) is 2. The van der Waals surface area contributed by atoms with Crippen molar-refractivity contribution in [3.05, 3.63) is 34.9 Å². The predicted octanol–water partition coefficient (Wildman–Crippen LogP) is 4.05. The van der Waals surface area contributed by atoms with Crippen molar-refractivity contribution in [1.29, 1.82) is 0 Å². The average Bonchev–Trinajstić information content (AvgIpc) is 2.15. The van der Waals surface area contributed by atoms with E-state index in [4.69, 9.17) is 11.6 Å². The Hall–Kier alpha value is -0.470. The summed E-state index contributed by atoms with van der Waals surface area (Å²) < 4.78 is 0. The molecule has 1 nitrogen and oxygen atoms in total. The van der Waals surface area contributed by atoms with Gasteiger partial charge in [-0.3, -0.25) is 4.79 Å². The van der Waals surface area contributed by atoms with Crippen molar-refractivity contribution in [3.8, 4) is 0 Å². The van der Waals surface area contributed by atoms with Gasteiger partial charge in [-0.1, -0.05) is 37.6 Å². The van der Waals surface area contributed by atoms with Crippen LogP contribution in [0.1, 0.15) is 31.1 Å². The van der Waals surface area contributed by atoms with Crippen LogP contribution in [0.3, 0.4) is 0 Å². The molecule has 3 heteroatoms. The monoisotopic (exact) mass is 242 g/mol. The lowest BCUT2D eigenvalue weighted by atomic mass is 10.1. The third-order valence-electron chi connectivity index (χ3n) is 1.95. The number of Topliss-reactive ketones (excluding diaryl/α,β-unsaturated/α-hetero) is 1. The van der Waals surface area contributed by atoms with Gasteiger partial charge >= 0.3 is 0 Å². The molecule has 0 bridgehead atoms. The van der Waals surface area contributed by atoms with E-state index in [9.17, 15) is 4.79 Å². The van der Waals surface area contributed by atoms with Gasteiger partial charge in [-0.15, -0.1) is 11.8 Å². The molecule has 0 heterocycles. The first kappa shape index (κ1) is 12.6. The molecule has 1 rings (SSSR count). The molecule has 0 aliphatic heterocycles. The molecule has 1 atom stereocenters. The van der Waals surface area contributed by atoms with Crippen molar-refractivity contribution >= 4 is 29.1 Å². The Kier molecular flexibility index (Phi) is 4.68. The maximum absolute atomic E-state index is 12.0. The van der Waals surface area contributed by atoms with Crippen LogP contribution in [0, 0.1) is 0 Å². The molecule has 0 aliphatic carbocycles. The highest BCUT2D eigenvalue weighted by atomic mass is 35.5. The summed E-state index contributed by atoms with van der Waals surface area (Å²) in [6, 6.07) is 7.12. The van der Waals surface area contributed by atoms with Gasteiger partial charge < -0.3 is 0 Å². The van der Waals surface area contributed by atoms with Crippen LogP contribution in [0.25, 0.3) is 0 Å². The second-order valence-electron chi connectivity index (χ2n) is 3.70. The molecule has 0 amide bonds. The van der Waals surface area contributed by atoms with E-state index < -0.39 is 0 Å². The summed E-state index contributed by atoms with van der Waals surface area (Å²) in [5, 5.41) is 1.06. The van der Waals surface area contributed by atoms with Crippen LogP contribution < -0.4 is 0 Å². The molecule has 15 heavy (non-hydrogen) atoms. The molecule has 1 aromatic rings. The average molecular weight is 243 g/mol. The van der Waals surface area contributed by atoms with Crippen LogP contribution in [0.4, 0.5) is 0 Å². The minimum absolute atomic E-state index is 0.0107. The lowest BCUT2D eigenvalue weighted by Crippen LogP contribution is -2.15. The molecule has 0 N–H and O–H groups in total. The number of carbonyl (C=O) groups excluding carboxylic acids is 1. The summed E-state index contributed by atoms with van der Waals surface area (Å²) in [5.41, 5.74) is 0.697. The van der Waals surface area contributed by atoms with E-state index >= 15 is 0 Å². The molecule has 0 saturated heterocycles. The van der Waals surface area contributed by atoms with E-state index in [1.807, 2.05) is 19.1 Å². The largest absolute Gasteiger partial charge is 0.293 e. The fourth-order valence-corrected chi connectivity index (χ4v) is 2.61. The van der Waals surface area contributed by atoms with Crippen molar-refractivity contribution in [2.45, 2.75) is 31.3 Å². The summed E-state index contributed by atoms with van der Waals surface area (Å²) >= 11 is 7.51. The van der Waals surface area contributed by atoms with Crippen molar-refractivity contribution in [2.75, 3.05) is 0 Å². The van der Waals surface area contributed by atoms with Gasteiger partial charge in [0.05, 0.1) is 5.25 Å². The Morgan fingerprint density at radius 3 is 2.53 bits per heavy atom. The Morgan fingerprint density at radius 2 is 2.00 bits per heavy atom. The van der Waals surface area contributed by atoms with Gasteiger partial charge in [-0.25, -0.2) is 0 Å². The summed E-state index contributed by atoms with van der Waals surface area (Å²) in [7, 11) is 0. The third kappa shape index (κ3) is 3.88. The Balaban J connectivity index is 2.76. The van der Waals surface area contributed by atoms with Crippen LogP contribution in [-0.4, -0.2) is 16.3 Å². The molecule has 0 spiro atoms. The van der Waals surface area contributed by atoms with Crippen LogP contribution in [0.15, 0.2) is 24.3 Å². The van der Waals surface area contributed by atoms with E-state index in [1.54, 1.807) is 23.9 Å². The highest BCUT2D eigenvalue weighted by Crippen LogP contribution is 2.21. The minimum Gasteiger partial charge on any atom is -0.293 e. The predicted molar refractivity (Wildman–Crippen MR) is 68.0 cm³/mol. The number of thioether (sulfide) groups is 1. The van der Waals surface area contributed by atoms with Gasteiger partial charge in [0.15, 0.2) is 5.78 Å². The lowest BCUT2D eigenvalue weighted by Gasteiger charge is -2.12. The van der Waals surface area contributed by atoms with Crippen LogP contribution in [0.5, 0.6) is 0 Å². The topological polar surface area (TPSA) is 17.1 Å². The fraction of sp³-hybridized carbons (Fsp3) is 0.417. The highest BCUT2D eigenvalue weighted by molar-refractivity contribution is 8.01. The van der Waals surface area contributed by atoms with Gasteiger partial charge in [-0.2, -0.15) is 0 Å². The Labute approximate surface area is 100 Å². The molecule has 0 fully saturated rings. The van der Waals surface area contributed by atoms with Gasteiger partial charge in [-0.05, 0) is 24.3 Å². The smallest absolute Gasteiger partial charge is 0.175 e. The zero-order valence-electron chi connectivity index (χ0n) is 9.16. The zero-order valence-corrected chi connectivity index (χ0v) is 10.7. The molecule has 0 aliphatic rings.